The van der Waals surface area contributed by atoms with Crippen LogP contribution >= 0.6 is 15.9 Å². The molecule has 1 atom stereocenters. The van der Waals surface area contributed by atoms with Crippen molar-refractivity contribution in [1.29, 1.82) is 0 Å². The van der Waals surface area contributed by atoms with Gasteiger partial charge in [0.15, 0.2) is 0 Å². The third-order valence-corrected chi connectivity index (χ3v) is 7.30. The van der Waals surface area contributed by atoms with Crippen LogP contribution in [-0.4, -0.2) is 50.5 Å². The standard InChI is InChI=1S/C25H34BrN3O4S/c1-17(2)14-27-25(31)20(5)28(15-21-10-12-22(26)13-11-21)24(30)16-29(34(6,32)33)23-9-7-8-18(3)19(23)4/h7-13,17,20H,14-16H2,1-6H3,(H,27,31). The lowest BCUT2D eigenvalue weighted by atomic mass is 10.1. The van der Waals surface area contributed by atoms with E-state index in [0.717, 1.165) is 31.7 Å². The normalized spacial score (nSPS) is 12.4. The average molecular weight is 553 g/mol. The van der Waals surface area contributed by atoms with Gasteiger partial charge in [-0.3, -0.25) is 13.9 Å². The number of rotatable bonds is 10. The number of benzene rings is 2. The van der Waals surface area contributed by atoms with Gasteiger partial charge in [0.05, 0.1) is 11.9 Å². The molecule has 0 aliphatic rings. The third kappa shape index (κ3) is 7.56. The van der Waals surface area contributed by atoms with E-state index in [4.69, 9.17) is 0 Å². The van der Waals surface area contributed by atoms with Crippen molar-refractivity contribution in [3.05, 3.63) is 63.6 Å². The number of nitrogens with one attached hydrogen (secondary N) is 1. The molecule has 0 heterocycles. The second kappa shape index (κ2) is 11.8. The summed E-state index contributed by atoms with van der Waals surface area (Å²) in [7, 11) is -3.75. The fraction of sp³-hybridized carbons (Fsp3) is 0.440. The minimum atomic E-state index is -3.75. The summed E-state index contributed by atoms with van der Waals surface area (Å²) >= 11 is 3.40. The zero-order valence-corrected chi connectivity index (χ0v) is 23.0. The van der Waals surface area contributed by atoms with Gasteiger partial charge in [0.2, 0.25) is 21.8 Å². The smallest absolute Gasteiger partial charge is 0.244 e. The van der Waals surface area contributed by atoms with Gasteiger partial charge in [0, 0.05) is 17.6 Å². The van der Waals surface area contributed by atoms with E-state index in [0.29, 0.717) is 12.2 Å². The van der Waals surface area contributed by atoms with Gasteiger partial charge in [0.25, 0.3) is 0 Å². The molecule has 0 radical (unpaired) electrons. The van der Waals surface area contributed by atoms with Gasteiger partial charge in [-0.05, 0) is 61.6 Å². The second-order valence-electron chi connectivity index (χ2n) is 8.95. The molecule has 34 heavy (non-hydrogen) atoms. The highest BCUT2D eigenvalue weighted by Crippen LogP contribution is 2.25. The first-order valence-corrected chi connectivity index (χ1v) is 13.8. The molecule has 9 heteroatoms. The highest BCUT2D eigenvalue weighted by Gasteiger charge is 2.30. The molecule has 0 aliphatic carbocycles. The van der Waals surface area contributed by atoms with Gasteiger partial charge >= 0.3 is 0 Å². The van der Waals surface area contributed by atoms with Crippen molar-refractivity contribution < 1.29 is 18.0 Å². The maximum atomic E-state index is 13.6. The van der Waals surface area contributed by atoms with Crippen LogP contribution < -0.4 is 9.62 Å². The minimum Gasteiger partial charge on any atom is -0.354 e. The lowest BCUT2D eigenvalue weighted by molar-refractivity contribution is -0.139. The quantitative estimate of drug-likeness (QED) is 0.483. The van der Waals surface area contributed by atoms with Crippen molar-refractivity contribution in [1.82, 2.24) is 10.2 Å². The number of halogens is 1. The summed E-state index contributed by atoms with van der Waals surface area (Å²) in [4.78, 5) is 27.8. The fourth-order valence-corrected chi connectivity index (χ4v) is 4.59. The molecule has 0 fully saturated rings. The van der Waals surface area contributed by atoms with Crippen LogP contribution in [-0.2, 0) is 26.2 Å². The van der Waals surface area contributed by atoms with Gasteiger partial charge in [0.1, 0.15) is 12.6 Å². The lowest BCUT2D eigenvalue weighted by Gasteiger charge is -2.32. The molecule has 1 unspecified atom stereocenters. The Morgan fingerprint density at radius 2 is 1.65 bits per heavy atom. The predicted octanol–water partition coefficient (Wildman–Crippen LogP) is 4.02. The molecule has 0 saturated carbocycles. The highest BCUT2D eigenvalue weighted by molar-refractivity contribution is 9.10. The van der Waals surface area contributed by atoms with Crippen molar-refractivity contribution in [2.45, 2.75) is 47.2 Å². The van der Waals surface area contributed by atoms with Crippen LogP contribution in [0.25, 0.3) is 0 Å². The van der Waals surface area contributed by atoms with E-state index in [2.05, 4.69) is 21.2 Å². The van der Waals surface area contributed by atoms with Crippen LogP contribution in [0.3, 0.4) is 0 Å². The summed E-state index contributed by atoms with van der Waals surface area (Å²) in [6, 6.07) is 12.0. The monoisotopic (exact) mass is 551 g/mol. The van der Waals surface area contributed by atoms with Crippen LogP contribution in [0, 0.1) is 19.8 Å². The van der Waals surface area contributed by atoms with E-state index >= 15 is 0 Å². The summed E-state index contributed by atoms with van der Waals surface area (Å²) in [6.07, 6.45) is 1.08. The number of nitrogens with zero attached hydrogens (tertiary/aromatic N) is 2. The van der Waals surface area contributed by atoms with Crippen molar-refractivity contribution in [2.24, 2.45) is 5.92 Å². The van der Waals surface area contributed by atoms with E-state index in [1.165, 1.54) is 4.90 Å². The van der Waals surface area contributed by atoms with Gasteiger partial charge < -0.3 is 10.2 Å². The summed E-state index contributed by atoms with van der Waals surface area (Å²) in [5.41, 5.74) is 2.99. The zero-order chi connectivity index (χ0) is 25.6. The third-order valence-electron chi connectivity index (χ3n) is 5.64. The number of sulfonamides is 1. The molecule has 1 N–H and O–H groups in total. The summed E-state index contributed by atoms with van der Waals surface area (Å²) in [5.74, 6) is -0.477. The Hall–Kier alpha value is -2.39. The number of anilines is 1. The molecular formula is C25H34BrN3O4S. The highest BCUT2D eigenvalue weighted by atomic mass is 79.9. The topological polar surface area (TPSA) is 86.8 Å². The molecule has 0 aromatic heterocycles. The number of hydrogen-bond acceptors (Lipinski definition) is 4. The van der Waals surface area contributed by atoms with Gasteiger partial charge in [-0.15, -0.1) is 0 Å². The SMILES string of the molecule is Cc1cccc(N(CC(=O)N(Cc2ccc(Br)cc2)C(C)C(=O)NCC(C)C)S(C)(=O)=O)c1C. The van der Waals surface area contributed by atoms with Crippen LogP contribution in [0.5, 0.6) is 0 Å². The van der Waals surface area contributed by atoms with Gasteiger partial charge in [-0.2, -0.15) is 0 Å². The van der Waals surface area contributed by atoms with E-state index in [-0.39, 0.29) is 18.4 Å². The number of carbonyl (C=O) groups excluding carboxylic acids is 2. The summed E-state index contributed by atoms with van der Waals surface area (Å²) < 4.78 is 27.4. The number of carbonyl (C=O) groups is 2. The van der Waals surface area contributed by atoms with E-state index in [1.807, 2.05) is 58.0 Å². The van der Waals surface area contributed by atoms with Crippen molar-refractivity contribution in [2.75, 3.05) is 23.7 Å². The number of amides is 2. The van der Waals surface area contributed by atoms with Crippen LogP contribution in [0.15, 0.2) is 46.9 Å². The predicted molar refractivity (Wildman–Crippen MR) is 140 cm³/mol. The van der Waals surface area contributed by atoms with E-state index in [9.17, 15) is 18.0 Å². The van der Waals surface area contributed by atoms with Crippen LogP contribution in [0.2, 0.25) is 0 Å². The molecule has 0 spiro atoms. The van der Waals surface area contributed by atoms with E-state index < -0.39 is 28.5 Å². The Morgan fingerprint density at radius 1 is 1.03 bits per heavy atom. The Morgan fingerprint density at radius 3 is 2.21 bits per heavy atom. The first kappa shape index (κ1) is 27.9. The molecule has 0 aliphatic heterocycles. The molecule has 2 amide bonds. The largest absolute Gasteiger partial charge is 0.354 e. The zero-order valence-electron chi connectivity index (χ0n) is 20.6. The van der Waals surface area contributed by atoms with Crippen molar-refractivity contribution >= 4 is 43.5 Å². The molecule has 7 nitrogen and oxygen atoms in total. The van der Waals surface area contributed by atoms with Crippen molar-refractivity contribution in [3.8, 4) is 0 Å². The molecular weight excluding hydrogens is 518 g/mol. The maximum Gasteiger partial charge on any atom is 0.244 e. The number of hydrogen-bond donors (Lipinski definition) is 1. The first-order valence-electron chi connectivity index (χ1n) is 11.2. The van der Waals surface area contributed by atoms with Gasteiger partial charge in [-0.25, -0.2) is 8.42 Å². The van der Waals surface area contributed by atoms with Crippen molar-refractivity contribution in [3.63, 3.8) is 0 Å². The average Bonchev–Trinajstić information content (AvgIpc) is 2.76. The Bertz CT molecular complexity index is 1120. The number of aryl methyl sites for hydroxylation is 1. The summed E-state index contributed by atoms with van der Waals surface area (Å²) in [5, 5.41) is 2.87. The lowest BCUT2D eigenvalue weighted by Crippen LogP contribution is -2.51. The van der Waals surface area contributed by atoms with E-state index in [1.54, 1.807) is 19.1 Å². The Labute approximate surface area is 211 Å². The molecule has 0 saturated heterocycles. The molecule has 2 aromatic rings. The second-order valence-corrected chi connectivity index (χ2v) is 11.8. The maximum absolute atomic E-state index is 13.6. The fourth-order valence-electron chi connectivity index (χ4n) is 3.42. The minimum absolute atomic E-state index is 0.173. The molecule has 2 aromatic carbocycles. The van der Waals surface area contributed by atoms with Crippen LogP contribution in [0.1, 0.15) is 37.5 Å². The molecule has 0 bridgehead atoms. The summed E-state index contributed by atoms with van der Waals surface area (Å²) in [6.45, 7) is 9.62. The molecule has 2 rings (SSSR count). The Balaban J connectivity index is 2.40. The van der Waals surface area contributed by atoms with Gasteiger partial charge in [-0.1, -0.05) is 54.0 Å². The van der Waals surface area contributed by atoms with Crippen LogP contribution in [0.4, 0.5) is 5.69 Å². The Kier molecular flexibility index (Phi) is 9.70. The first-order chi connectivity index (χ1) is 15.8. The molecule has 186 valence electrons.